The average molecular weight is 277 g/mol. The third-order valence-electron chi connectivity index (χ3n) is 2.63. The molecule has 0 aromatic heterocycles. The van der Waals surface area contributed by atoms with Crippen molar-refractivity contribution in [3.05, 3.63) is 18.2 Å². The summed E-state index contributed by atoms with van der Waals surface area (Å²) in [6, 6.07) is 5.56. The molecule has 0 radical (unpaired) electrons. The monoisotopic (exact) mass is 277 g/mol. The van der Waals surface area contributed by atoms with Crippen LogP contribution in [0.2, 0.25) is 0 Å². The fourth-order valence-electron chi connectivity index (χ4n) is 1.70. The van der Waals surface area contributed by atoms with Gasteiger partial charge in [0.25, 0.3) is 0 Å². The van der Waals surface area contributed by atoms with Crippen LogP contribution in [0, 0.1) is 0 Å². The third-order valence-corrected chi connectivity index (χ3v) is 2.63. The number of ether oxygens (including phenoxy) is 3. The summed E-state index contributed by atoms with van der Waals surface area (Å²) in [6.45, 7) is 4.40. The van der Waals surface area contributed by atoms with Crippen LogP contribution in [0.4, 0.5) is 5.69 Å². The van der Waals surface area contributed by atoms with E-state index in [-0.39, 0.29) is 12.4 Å². The van der Waals surface area contributed by atoms with Gasteiger partial charge in [-0.3, -0.25) is 4.79 Å². The second kappa shape index (κ2) is 8.25. The van der Waals surface area contributed by atoms with E-state index < -0.39 is 0 Å². The smallest absolute Gasteiger partial charge is 0.315 e. The molecule has 0 unspecified atom stereocenters. The number of nitrogens with zero attached hydrogens (tertiary/aromatic N) is 1. The summed E-state index contributed by atoms with van der Waals surface area (Å²) in [5, 5.41) is 0. The van der Waals surface area contributed by atoms with Crippen LogP contribution >= 0.6 is 0 Å². The Kier molecular flexibility index (Phi) is 6.63. The van der Waals surface area contributed by atoms with Crippen LogP contribution in [-0.2, 0) is 14.3 Å². The summed E-state index contributed by atoms with van der Waals surface area (Å²) >= 11 is 0. The molecule has 1 rings (SSSR count). The summed E-state index contributed by atoms with van der Waals surface area (Å²) in [5.41, 5.74) is 1.62. The standard InChI is InChI=1S/C14H20BNO4/c1-4-19-12(9-13(17)20-5-2)16-10-7-6-8-11(18-3)14(10)15/h6-8H,4-5,9,15H2,1-3H3/b16-12-. The Bertz CT molecular complexity index is 488. The Labute approximate surface area is 120 Å². The Hall–Kier alpha value is -1.98. The molecule has 0 aliphatic rings. The Morgan fingerprint density at radius 1 is 1.25 bits per heavy atom. The highest BCUT2D eigenvalue weighted by Crippen LogP contribution is 2.16. The van der Waals surface area contributed by atoms with Crippen molar-refractivity contribution in [1.82, 2.24) is 0 Å². The largest absolute Gasteiger partial charge is 0.497 e. The van der Waals surface area contributed by atoms with Crippen LogP contribution in [0.25, 0.3) is 0 Å². The van der Waals surface area contributed by atoms with Gasteiger partial charge in [-0.05, 0) is 31.4 Å². The van der Waals surface area contributed by atoms with E-state index in [0.717, 1.165) is 16.9 Å². The van der Waals surface area contributed by atoms with E-state index in [1.54, 1.807) is 14.0 Å². The minimum Gasteiger partial charge on any atom is -0.497 e. The zero-order valence-electron chi connectivity index (χ0n) is 12.4. The lowest BCUT2D eigenvalue weighted by Gasteiger charge is -2.10. The zero-order chi connectivity index (χ0) is 15.0. The highest BCUT2D eigenvalue weighted by molar-refractivity contribution is 6.37. The van der Waals surface area contributed by atoms with Crippen molar-refractivity contribution < 1.29 is 19.0 Å². The number of carbonyl (C=O) groups excluding carboxylic acids is 1. The van der Waals surface area contributed by atoms with Crippen molar-refractivity contribution >= 4 is 30.9 Å². The summed E-state index contributed by atoms with van der Waals surface area (Å²) in [7, 11) is 3.52. The van der Waals surface area contributed by atoms with Crippen molar-refractivity contribution in [3.63, 3.8) is 0 Å². The molecule has 1 aromatic rings. The molecule has 20 heavy (non-hydrogen) atoms. The van der Waals surface area contributed by atoms with Crippen LogP contribution in [0.3, 0.4) is 0 Å². The van der Waals surface area contributed by atoms with Crippen LogP contribution in [0.15, 0.2) is 23.2 Å². The molecule has 0 amide bonds. The first-order chi connectivity index (χ1) is 9.62. The SMILES string of the molecule is Bc1c(/N=C(/CC(=O)OCC)OCC)cccc1OC. The maximum Gasteiger partial charge on any atom is 0.315 e. The van der Waals surface area contributed by atoms with Crippen molar-refractivity contribution in [1.29, 1.82) is 0 Å². The molecule has 0 fully saturated rings. The van der Waals surface area contributed by atoms with Crippen molar-refractivity contribution in [2.45, 2.75) is 20.3 Å². The molecule has 0 saturated carbocycles. The number of hydrogen-bond donors (Lipinski definition) is 0. The number of benzene rings is 1. The van der Waals surface area contributed by atoms with Gasteiger partial charge in [-0.25, -0.2) is 4.99 Å². The van der Waals surface area contributed by atoms with Gasteiger partial charge in [-0.1, -0.05) is 6.07 Å². The lowest BCUT2D eigenvalue weighted by atomic mass is 9.93. The maximum absolute atomic E-state index is 11.5. The third kappa shape index (κ3) is 4.61. The highest BCUT2D eigenvalue weighted by Gasteiger charge is 2.11. The van der Waals surface area contributed by atoms with Gasteiger partial charge < -0.3 is 14.2 Å². The lowest BCUT2D eigenvalue weighted by Crippen LogP contribution is -2.15. The quantitative estimate of drug-likeness (QED) is 0.336. The highest BCUT2D eigenvalue weighted by atomic mass is 16.5. The Morgan fingerprint density at radius 2 is 1.95 bits per heavy atom. The number of rotatable bonds is 6. The minimum atomic E-state index is -0.347. The van der Waals surface area contributed by atoms with Crippen LogP contribution in [-0.4, -0.2) is 40.0 Å². The number of aliphatic imine (C=N–C) groups is 1. The van der Waals surface area contributed by atoms with E-state index in [9.17, 15) is 4.79 Å². The molecule has 0 heterocycles. The molecule has 5 nitrogen and oxygen atoms in total. The summed E-state index contributed by atoms with van der Waals surface area (Å²) in [4.78, 5) is 15.9. The predicted molar refractivity (Wildman–Crippen MR) is 81.1 cm³/mol. The van der Waals surface area contributed by atoms with E-state index in [2.05, 4.69) is 4.99 Å². The number of carbonyl (C=O) groups is 1. The van der Waals surface area contributed by atoms with Crippen LogP contribution < -0.4 is 10.2 Å². The fraction of sp³-hybridized carbons (Fsp3) is 0.429. The average Bonchev–Trinajstić information content (AvgIpc) is 2.41. The normalized spacial score (nSPS) is 11.1. The van der Waals surface area contributed by atoms with Crippen molar-refractivity contribution in [2.24, 2.45) is 4.99 Å². The maximum atomic E-state index is 11.5. The van der Waals surface area contributed by atoms with Gasteiger partial charge in [-0.15, -0.1) is 0 Å². The Balaban J connectivity index is 2.98. The van der Waals surface area contributed by atoms with Gasteiger partial charge in [0, 0.05) is 0 Å². The first kappa shape index (κ1) is 16.1. The van der Waals surface area contributed by atoms with E-state index in [1.807, 2.05) is 33.0 Å². The lowest BCUT2D eigenvalue weighted by molar-refractivity contribution is -0.141. The summed E-state index contributed by atoms with van der Waals surface area (Å²) < 4.78 is 15.6. The van der Waals surface area contributed by atoms with Gasteiger partial charge in [0.15, 0.2) is 5.90 Å². The van der Waals surface area contributed by atoms with Gasteiger partial charge in [0.2, 0.25) is 0 Å². The van der Waals surface area contributed by atoms with E-state index in [4.69, 9.17) is 14.2 Å². The molecule has 6 heteroatoms. The topological polar surface area (TPSA) is 57.1 Å². The molecular weight excluding hydrogens is 257 g/mol. The van der Waals surface area contributed by atoms with Gasteiger partial charge >= 0.3 is 5.97 Å². The first-order valence-corrected chi connectivity index (χ1v) is 6.61. The van der Waals surface area contributed by atoms with Crippen molar-refractivity contribution in [3.8, 4) is 5.75 Å². The van der Waals surface area contributed by atoms with E-state index in [1.165, 1.54) is 0 Å². The minimum absolute atomic E-state index is 0.0261. The number of hydrogen-bond acceptors (Lipinski definition) is 5. The number of methoxy groups -OCH3 is 1. The summed E-state index contributed by atoms with van der Waals surface area (Å²) in [5.74, 6) is 0.751. The molecule has 0 aliphatic heterocycles. The van der Waals surface area contributed by atoms with Crippen molar-refractivity contribution in [2.75, 3.05) is 20.3 Å². The van der Waals surface area contributed by atoms with Gasteiger partial charge in [0.05, 0.1) is 26.0 Å². The van der Waals surface area contributed by atoms with Crippen LogP contribution in [0.5, 0.6) is 5.75 Å². The fourth-order valence-corrected chi connectivity index (χ4v) is 1.70. The van der Waals surface area contributed by atoms with E-state index in [0.29, 0.717) is 19.1 Å². The summed E-state index contributed by atoms with van der Waals surface area (Å²) in [6.07, 6.45) is 0.0261. The molecule has 0 bridgehead atoms. The first-order valence-electron chi connectivity index (χ1n) is 6.61. The number of esters is 1. The van der Waals surface area contributed by atoms with Gasteiger partial charge in [-0.2, -0.15) is 0 Å². The second-order valence-corrected chi connectivity index (χ2v) is 4.02. The molecule has 0 N–H and O–H groups in total. The molecular formula is C14H20BNO4. The molecule has 0 spiro atoms. The molecule has 1 aromatic carbocycles. The zero-order valence-corrected chi connectivity index (χ0v) is 12.4. The molecule has 0 atom stereocenters. The molecule has 0 saturated heterocycles. The molecule has 0 aliphatic carbocycles. The van der Waals surface area contributed by atoms with Gasteiger partial charge in [0.1, 0.15) is 20.0 Å². The Morgan fingerprint density at radius 3 is 2.55 bits per heavy atom. The molecule has 108 valence electrons. The second-order valence-electron chi connectivity index (χ2n) is 4.02. The van der Waals surface area contributed by atoms with E-state index >= 15 is 0 Å². The van der Waals surface area contributed by atoms with Crippen LogP contribution in [0.1, 0.15) is 20.3 Å². The predicted octanol–water partition coefficient (Wildman–Crippen LogP) is 0.973.